The maximum Gasteiger partial charge on any atom is 0.405 e. The van der Waals surface area contributed by atoms with Crippen molar-refractivity contribution in [1.82, 2.24) is 0 Å². The zero-order valence-corrected chi connectivity index (χ0v) is 10.7. The molecule has 0 aliphatic rings. The smallest absolute Gasteiger partial charge is 0.405 e. The monoisotopic (exact) mass is 293 g/mol. The van der Waals surface area contributed by atoms with Crippen LogP contribution >= 0.6 is 11.6 Å². The molecule has 1 aromatic rings. The van der Waals surface area contributed by atoms with Crippen molar-refractivity contribution < 1.29 is 23.1 Å². The summed E-state index contributed by atoms with van der Waals surface area (Å²) in [5, 5.41) is 8.74. The zero-order chi connectivity index (χ0) is 14.6. The Labute approximate surface area is 112 Å². The Morgan fingerprint density at radius 2 is 2.11 bits per heavy atom. The molecule has 0 heterocycles. The lowest BCUT2D eigenvalue weighted by Crippen LogP contribution is -2.31. The second-order valence-corrected chi connectivity index (χ2v) is 4.22. The van der Waals surface area contributed by atoms with Crippen LogP contribution in [0.25, 0.3) is 6.08 Å². The van der Waals surface area contributed by atoms with Crippen LogP contribution in [0.5, 0.6) is 0 Å². The lowest BCUT2D eigenvalue weighted by atomic mass is 10.1. The summed E-state index contributed by atoms with van der Waals surface area (Å²) in [5.74, 6) is -1.20. The van der Waals surface area contributed by atoms with Crippen LogP contribution in [0.2, 0.25) is 5.02 Å². The summed E-state index contributed by atoms with van der Waals surface area (Å²) >= 11 is 5.88. The van der Waals surface area contributed by atoms with Gasteiger partial charge in [0.1, 0.15) is 6.54 Å². The molecule has 0 radical (unpaired) electrons. The number of alkyl halides is 3. The van der Waals surface area contributed by atoms with E-state index in [1.807, 2.05) is 0 Å². The number of rotatable bonds is 4. The molecule has 3 nitrogen and oxygen atoms in total. The largest absolute Gasteiger partial charge is 0.478 e. The van der Waals surface area contributed by atoms with E-state index in [0.717, 1.165) is 11.0 Å². The Morgan fingerprint density at radius 3 is 2.63 bits per heavy atom. The van der Waals surface area contributed by atoms with Gasteiger partial charge in [-0.05, 0) is 18.2 Å². The number of halogens is 4. The number of carboxylic acids is 1. The summed E-state index contributed by atoms with van der Waals surface area (Å²) in [5.41, 5.74) is 0.445. The number of nitrogens with zero attached hydrogens (tertiary/aromatic N) is 1. The Kier molecular flexibility index (Phi) is 4.83. The Bertz CT molecular complexity index is 500. The van der Waals surface area contributed by atoms with Gasteiger partial charge in [0.05, 0.1) is 0 Å². The molecule has 104 valence electrons. The van der Waals surface area contributed by atoms with Crippen LogP contribution in [-0.4, -0.2) is 30.8 Å². The van der Waals surface area contributed by atoms with Crippen molar-refractivity contribution in [2.45, 2.75) is 6.18 Å². The zero-order valence-electron chi connectivity index (χ0n) is 9.91. The third kappa shape index (κ3) is 4.82. The molecular weight excluding hydrogens is 283 g/mol. The van der Waals surface area contributed by atoms with Crippen LogP contribution in [0, 0.1) is 0 Å². The molecule has 1 aromatic carbocycles. The van der Waals surface area contributed by atoms with Crippen molar-refractivity contribution in [3.63, 3.8) is 0 Å². The van der Waals surface area contributed by atoms with E-state index in [-0.39, 0.29) is 16.3 Å². The van der Waals surface area contributed by atoms with Crippen molar-refractivity contribution in [2.24, 2.45) is 0 Å². The Hall–Kier alpha value is -1.69. The molecular formula is C12H11ClF3NO2. The molecule has 19 heavy (non-hydrogen) atoms. The predicted octanol–water partition coefficient (Wildman–Crippen LogP) is 3.44. The Morgan fingerprint density at radius 1 is 1.47 bits per heavy atom. The minimum absolute atomic E-state index is 0.184. The van der Waals surface area contributed by atoms with Gasteiger partial charge in [0.2, 0.25) is 0 Å². The molecule has 0 saturated heterocycles. The van der Waals surface area contributed by atoms with Gasteiger partial charge >= 0.3 is 12.1 Å². The van der Waals surface area contributed by atoms with Gasteiger partial charge in [-0.25, -0.2) is 4.79 Å². The van der Waals surface area contributed by atoms with E-state index >= 15 is 0 Å². The number of anilines is 1. The lowest BCUT2D eigenvalue weighted by Gasteiger charge is -2.23. The van der Waals surface area contributed by atoms with Gasteiger partial charge in [0, 0.05) is 29.4 Å². The molecule has 0 aliphatic carbocycles. The first-order valence-electron chi connectivity index (χ1n) is 5.18. The summed E-state index contributed by atoms with van der Waals surface area (Å²) < 4.78 is 37.1. The van der Waals surface area contributed by atoms with E-state index in [4.69, 9.17) is 16.7 Å². The fraction of sp³-hybridized carbons (Fsp3) is 0.250. The van der Waals surface area contributed by atoms with Crippen molar-refractivity contribution in [1.29, 1.82) is 0 Å². The molecule has 0 fully saturated rings. The fourth-order valence-corrected chi connectivity index (χ4v) is 1.76. The molecule has 7 heteroatoms. The average molecular weight is 294 g/mol. The van der Waals surface area contributed by atoms with Crippen LogP contribution in [0.4, 0.5) is 18.9 Å². The summed E-state index contributed by atoms with van der Waals surface area (Å²) in [7, 11) is 1.26. The number of benzene rings is 1. The molecule has 1 N–H and O–H groups in total. The van der Waals surface area contributed by atoms with Gasteiger partial charge in [-0.1, -0.05) is 17.7 Å². The van der Waals surface area contributed by atoms with E-state index in [1.54, 1.807) is 0 Å². The molecule has 0 atom stereocenters. The molecule has 0 aliphatic heterocycles. The van der Waals surface area contributed by atoms with E-state index in [9.17, 15) is 18.0 Å². The minimum atomic E-state index is -4.36. The molecule has 0 amide bonds. The number of carbonyl (C=O) groups is 1. The first-order chi connectivity index (χ1) is 8.70. The summed E-state index contributed by atoms with van der Waals surface area (Å²) in [6.45, 7) is -1.15. The quantitative estimate of drug-likeness (QED) is 0.865. The first kappa shape index (κ1) is 15.4. The number of hydrogen-bond donors (Lipinski definition) is 1. The molecule has 0 aromatic heterocycles. The highest BCUT2D eigenvalue weighted by Crippen LogP contribution is 2.30. The molecule has 0 unspecified atom stereocenters. The van der Waals surface area contributed by atoms with Crippen LogP contribution < -0.4 is 4.90 Å². The van der Waals surface area contributed by atoms with Crippen LogP contribution in [-0.2, 0) is 4.79 Å². The third-order valence-electron chi connectivity index (χ3n) is 2.25. The number of hydrogen-bond acceptors (Lipinski definition) is 2. The fourth-order valence-electron chi connectivity index (χ4n) is 1.53. The standard InChI is InChI=1S/C12H11ClF3NO2/c1-17(7-12(14,15)16)10-4-2-3-9(13)8(10)5-6-11(18)19/h2-6H,7H2,1H3,(H,18,19)/b6-5+. The minimum Gasteiger partial charge on any atom is -0.478 e. The number of carboxylic acid groups (broad SMARTS) is 1. The van der Waals surface area contributed by atoms with Crippen molar-refractivity contribution in [2.75, 3.05) is 18.5 Å². The SMILES string of the molecule is CN(CC(F)(F)F)c1cccc(Cl)c1/C=C/C(=O)O. The molecule has 0 spiro atoms. The van der Waals surface area contributed by atoms with Gasteiger partial charge in [0.25, 0.3) is 0 Å². The van der Waals surface area contributed by atoms with Crippen LogP contribution in [0.15, 0.2) is 24.3 Å². The first-order valence-corrected chi connectivity index (χ1v) is 5.56. The molecule has 0 saturated carbocycles. The van der Waals surface area contributed by atoms with E-state index in [2.05, 4.69) is 0 Å². The maximum absolute atomic E-state index is 12.4. The highest BCUT2D eigenvalue weighted by molar-refractivity contribution is 6.32. The van der Waals surface area contributed by atoms with Gasteiger partial charge in [-0.2, -0.15) is 13.2 Å². The van der Waals surface area contributed by atoms with Gasteiger partial charge in [-0.15, -0.1) is 0 Å². The molecule has 0 bridgehead atoms. The highest BCUT2D eigenvalue weighted by Gasteiger charge is 2.30. The Balaban J connectivity index is 3.13. The van der Waals surface area contributed by atoms with Gasteiger partial charge in [0.15, 0.2) is 0 Å². The van der Waals surface area contributed by atoms with Crippen LogP contribution in [0.3, 0.4) is 0 Å². The normalized spacial score (nSPS) is 11.8. The predicted molar refractivity (Wildman–Crippen MR) is 67.4 cm³/mol. The van der Waals surface area contributed by atoms with E-state index in [1.165, 1.54) is 31.3 Å². The van der Waals surface area contributed by atoms with E-state index in [0.29, 0.717) is 0 Å². The highest BCUT2D eigenvalue weighted by atomic mass is 35.5. The summed E-state index contributed by atoms with van der Waals surface area (Å²) in [4.78, 5) is 11.4. The second kappa shape index (κ2) is 5.97. The van der Waals surface area contributed by atoms with Crippen molar-refractivity contribution in [3.05, 3.63) is 34.9 Å². The van der Waals surface area contributed by atoms with Crippen LogP contribution in [0.1, 0.15) is 5.56 Å². The average Bonchev–Trinajstić information content (AvgIpc) is 2.24. The second-order valence-electron chi connectivity index (χ2n) is 3.82. The molecule has 1 rings (SSSR count). The topological polar surface area (TPSA) is 40.5 Å². The van der Waals surface area contributed by atoms with Crippen molar-refractivity contribution in [3.8, 4) is 0 Å². The summed E-state index contributed by atoms with van der Waals surface area (Å²) in [6, 6.07) is 4.43. The maximum atomic E-state index is 12.4. The third-order valence-corrected chi connectivity index (χ3v) is 2.58. The van der Waals surface area contributed by atoms with Gasteiger partial charge < -0.3 is 10.0 Å². The lowest BCUT2D eigenvalue weighted by molar-refractivity contribution is -0.131. The van der Waals surface area contributed by atoms with Crippen molar-refractivity contribution >= 4 is 29.3 Å². The summed E-state index contributed by atoms with van der Waals surface area (Å²) in [6.07, 6.45) is -2.36. The van der Waals surface area contributed by atoms with Gasteiger partial charge in [-0.3, -0.25) is 0 Å². The number of aliphatic carboxylic acids is 1. The van der Waals surface area contributed by atoms with E-state index < -0.39 is 18.7 Å².